The summed E-state index contributed by atoms with van der Waals surface area (Å²) in [6, 6.07) is 0. The zero-order valence-corrected chi connectivity index (χ0v) is 15.1. The molecule has 0 fully saturated rings. The van der Waals surface area contributed by atoms with Gasteiger partial charge in [-0.25, -0.2) is 14.8 Å². The maximum absolute atomic E-state index is 12.3. The predicted molar refractivity (Wildman–Crippen MR) is 94.0 cm³/mol. The predicted octanol–water partition coefficient (Wildman–Crippen LogP) is 4.01. The summed E-state index contributed by atoms with van der Waals surface area (Å²) in [5.41, 5.74) is 0.485. The average Bonchev–Trinajstić information content (AvgIpc) is 2.55. The van der Waals surface area contributed by atoms with Gasteiger partial charge >= 0.3 is 5.97 Å². The fourth-order valence-corrected chi connectivity index (χ4v) is 2.37. The lowest BCUT2D eigenvalue weighted by Gasteiger charge is -2.25. The second kappa shape index (κ2) is 11.0. The van der Waals surface area contributed by atoms with Crippen molar-refractivity contribution in [3.05, 3.63) is 17.6 Å². The third kappa shape index (κ3) is 6.16. The van der Waals surface area contributed by atoms with Crippen LogP contribution in [0, 0.1) is 0 Å². The summed E-state index contributed by atoms with van der Waals surface area (Å²) in [5, 5.41) is 0. The largest absolute Gasteiger partial charge is 0.462 e. The molecule has 0 saturated heterocycles. The SMILES string of the molecule is CCCCN(CCCC)c1nc(CCC)ncc1C(=O)OCC. The summed E-state index contributed by atoms with van der Waals surface area (Å²) in [4.78, 5) is 23.5. The number of hydrogen-bond donors (Lipinski definition) is 0. The van der Waals surface area contributed by atoms with Crippen LogP contribution in [-0.2, 0) is 11.2 Å². The zero-order valence-electron chi connectivity index (χ0n) is 15.1. The van der Waals surface area contributed by atoms with Crippen LogP contribution in [0.25, 0.3) is 0 Å². The van der Waals surface area contributed by atoms with Gasteiger partial charge in [-0.3, -0.25) is 0 Å². The Labute approximate surface area is 140 Å². The smallest absolute Gasteiger partial charge is 0.343 e. The number of anilines is 1. The number of rotatable bonds is 11. The second-order valence-corrected chi connectivity index (χ2v) is 5.69. The van der Waals surface area contributed by atoms with Gasteiger partial charge < -0.3 is 9.64 Å². The van der Waals surface area contributed by atoms with Gasteiger partial charge in [-0.05, 0) is 26.2 Å². The number of aromatic nitrogens is 2. The quantitative estimate of drug-likeness (QED) is 0.576. The summed E-state index contributed by atoms with van der Waals surface area (Å²) in [6.45, 7) is 10.4. The van der Waals surface area contributed by atoms with Gasteiger partial charge in [-0.15, -0.1) is 0 Å². The molecule has 1 aromatic rings. The fourth-order valence-electron chi connectivity index (χ4n) is 2.37. The van der Waals surface area contributed by atoms with Crippen LogP contribution < -0.4 is 4.90 Å². The molecule has 0 saturated carbocycles. The van der Waals surface area contributed by atoms with Crippen molar-refractivity contribution in [2.75, 3.05) is 24.6 Å². The van der Waals surface area contributed by atoms with Crippen molar-refractivity contribution in [1.82, 2.24) is 9.97 Å². The van der Waals surface area contributed by atoms with Crippen LogP contribution in [0.2, 0.25) is 0 Å². The van der Waals surface area contributed by atoms with Gasteiger partial charge in [0, 0.05) is 25.7 Å². The highest BCUT2D eigenvalue weighted by Crippen LogP contribution is 2.20. The molecule has 1 heterocycles. The van der Waals surface area contributed by atoms with Crippen LogP contribution in [0.4, 0.5) is 5.82 Å². The van der Waals surface area contributed by atoms with Gasteiger partial charge in [0.1, 0.15) is 17.2 Å². The van der Waals surface area contributed by atoms with Crippen molar-refractivity contribution in [1.29, 1.82) is 0 Å². The summed E-state index contributed by atoms with van der Waals surface area (Å²) >= 11 is 0. The zero-order chi connectivity index (χ0) is 17.1. The molecule has 0 spiro atoms. The Bertz CT molecular complexity index is 469. The normalized spacial score (nSPS) is 10.6. The molecule has 1 aromatic heterocycles. The molecule has 0 aliphatic rings. The van der Waals surface area contributed by atoms with Crippen LogP contribution in [-0.4, -0.2) is 35.6 Å². The van der Waals surface area contributed by atoms with Crippen LogP contribution in [0.15, 0.2) is 6.20 Å². The van der Waals surface area contributed by atoms with E-state index < -0.39 is 0 Å². The molecule has 1 rings (SSSR count). The van der Waals surface area contributed by atoms with Crippen LogP contribution in [0.3, 0.4) is 0 Å². The van der Waals surface area contributed by atoms with Crippen LogP contribution in [0.1, 0.15) is 76.0 Å². The highest BCUT2D eigenvalue weighted by atomic mass is 16.5. The lowest BCUT2D eigenvalue weighted by molar-refractivity contribution is 0.0526. The highest BCUT2D eigenvalue weighted by Gasteiger charge is 2.20. The van der Waals surface area contributed by atoms with E-state index in [1.165, 1.54) is 0 Å². The molecule has 5 heteroatoms. The van der Waals surface area contributed by atoms with Crippen LogP contribution >= 0.6 is 0 Å². The van der Waals surface area contributed by atoms with Crippen LogP contribution in [0.5, 0.6) is 0 Å². The molecule has 5 nitrogen and oxygen atoms in total. The Kier molecular flexibility index (Phi) is 9.25. The van der Waals surface area contributed by atoms with E-state index in [-0.39, 0.29) is 5.97 Å². The van der Waals surface area contributed by atoms with Crippen molar-refractivity contribution in [2.24, 2.45) is 0 Å². The van der Waals surface area contributed by atoms with E-state index in [0.29, 0.717) is 12.2 Å². The van der Waals surface area contributed by atoms with Gasteiger partial charge in [0.05, 0.1) is 6.61 Å². The number of aryl methyl sites for hydroxylation is 1. The first-order valence-corrected chi connectivity index (χ1v) is 8.95. The van der Waals surface area contributed by atoms with E-state index in [1.54, 1.807) is 6.20 Å². The number of carbonyl (C=O) groups is 1. The van der Waals surface area contributed by atoms with Crippen molar-refractivity contribution in [3.63, 3.8) is 0 Å². The monoisotopic (exact) mass is 321 g/mol. The van der Waals surface area contributed by atoms with E-state index in [4.69, 9.17) is 4.74 Å². The molecule has 0 aliphatic heterocycles. The lowest BCUT2D eigenvalue weighted by atomic mass is 10.2. The lowest BCUT2D eigenvalue weighted by Crippen LogP contribution is -2.29. The molecule has 0 unspecified atom stereocenters. The Balaban J connectivity index is 3.16. The van der Waals surface area contributed by atoms with Gasteiger partial charge in [0.2, 0.25) is 0 Å². The molecule has 0 radical (unpaired) electrons. The summed E-state index contributed by atoms with van der Waals surface area (Å²) in [6.07, 6.45) is 7.84. The van der Waals surface area contributed by atoms with Gasteiger partial charge in [-0.1, -0.05) is 33.6 Å². The first kappa shape index (κ1) is 19.4. The molecule has 0 aliphatic carbocycles. The minimum absolute atomic E-state index is 0.330. The minimum Gasteiger partial charge on any atom is -0.462 e. The molecule has 0 aromatic carbocycles. The summed E-state index contributed by atoms with van der Waals surface area (Å²) in [5.74, 6) is 1.21. The van der Waals surface area contributed by atoms with E-state index in [0.717, 1.165) is 63.3 Å². The molecule has 0 amide bonds. The third-order valence-corrected chi connectivity index (χ3v) is 3.65. The molecular weight excluding hydrogens is 290 g/mol. The molecule has 0 bridgehead atoms. The first-order valence-electron chi connectivity index (χ1n) is 8.95. The van der Waals surface area contributed by atoms with Gasteiger partial charge in [0.25, 0.3) is 0 Å². The maximum Gasteiger partial charge on any atom is 0.343 e. The molecule has 130 valence electrons. The van der Waals surface area contributed by atoms with Gasteiger partial charge in [-0.2, -0.15) is 0 Å². The third-order valence-electron chi connectivity index (χ3n) is 3.65. The molecule has 0 atom stereocenters. The van der Waals surface area contributed by atoms with Crippen molar-refractivity contribution in [3.8, 4) is 0 Å². The van der Waals surface area contributed by atoms with Gasteiger partial charge in [0.15, 0.2) is 0 Å². The second-order valence-electron chi connectivity index (χ2n) is 5.69. The van der Waals surface area contributed by atoms with Crippen molar-refractivity contribution < 1.29 is 9.53 Å². The van der Waals surface area contributed by atoms with Crippen molar-refractivity contribution >= 4 is 11.8 Å². The Morgan fingerprint density at radius 1 is 1.09 bits per heavy atom. The average molecular weight is 321 g/mol. The number of esters is 1. The standard InChI is InChI=1S/C18H31N3O2/c1-5-9-12-21(13-10-6-2)17-15(18(22)23-8-4)14-19-16(20-17)11-7-3/h14H,5-13H2,1-4H3. The number of ether oxygens (including phenoxy) is 1. The molecule has 23 heavy (non-hydrogen) atoms. The van der Waals surface area contributed by atoms with Crippen molar-refractivity contribution in [2.45, 2.75) is 66.2 Å². The number of carbonyl (C=O) groups excluding carboxylic acids is 1. The Hall–Kier alpha value is -1.65. The Morgan fingerprint density at radius 3 is 2.26 bits per heavy atom. The molecule has 0 N–H and O–H groups in total. The summed E-state index contributed by atoms with van der Waals surface area (Å²) in [7, 11) is 0. The number of nitrogens with zero attached hydrogens (tertiary/aromatic N) is 3. The van der Waals surface area contributed by atoms with E-state index in [2.05, 4.69) is 35.6 Å². The summed E-state index contributed by atoms with van der Waals surface area (Å²) < 4.78 is 5.18. The topological polar surface area (TPSA) is 55.3 Å². The first-order chi connectivity index (χ1) is 11.2. The number of hydrogen-bond acceptors (Lipinski definition) is 5. The minimum atomic E-state index is -0.330. The molecular formula is C18H31N3O2. The van der Waals surface area contributed by atoms with E-state index in [1.807, 2.05) is 6.92 Å². The fraction of sp³-hybridized carbons (Fsp3) is 0.722. The number of unbranched alkanes of at least 4 members (excludes halogenated alkanes) is 2. The Morgan fingerprint density at radius 2 is 1.74 bits per heavy atom. The van der Waals surface area contributed by atoms with E-state index in [9.17, 15) is 4.79 Å². The maximum atomic E-state index is 12.3. The highest BCUT2D eigenvalue weighted by molar-refractivity contribution is 5.94. The van der Waals surface area contributed by atoms with E-state index >= 15 is 0 Å².